The van der Waals surface area contributed by atoms with Crippen molar-refractivity contribution < 1.29 is 14.9 Å². The molecule has 0 aliphatic rings. The number of unbranched alkanes of at least 4 members (excludes halogenated alkanes) is 1. The summed E-state index contributed by atoms with van der Waals surface area (Å²) in [6.45, 7) is 6.05. The Kier molecular flexibility index (Phi) is 12.2. The SMILES string of the molecule is C=C(O)Cc1cccc(OCCC(O)/C=C/C=C\C=C\CC/C=C\CC)c1. The van der Waals surface area contributed by atoms with Crippen LogP contribution in [-0.4, -0.2) is 22.9 Å². The van der Waals surface area contributed by atoms with Crippen LogP contribution >= 0.6 is 0 Å². The topological polar surface area (TPSA) is 49.7 Å². The van der Waals surface area contributed by atoms with E-state index < -0.39 is 6.10 Å². The first kappa shape index (κ1) is 22.5. The van der Waals surface area contributed by atoms with E-state index in [9.17, 15) is 10.2 Å². The molecule has 0 saturated heterocycles. The van der Waals surface area contributed by atoms with Crippen molar-refractivity contribution in [2.75, 3.05) is 6.61 Å². The molecule has 0 saturated carbocycles. The molecular formula is C24H32O3. The van der Waals surface area contributed by atoms with E-state index in [2.05, 4.69) is 31.7 Å². The fourth-order valence-electron chi connectivity index (χ4n) is 2.35. The Balaban J connectivity index is 2.23. The van der Waals surface area contributed by atoms with Crippen LogP contribution in [0.15, 0.2) is 85.2 Å². The minimum Gasteiger partial charge on any atom is -0.513 e. The highest BCUT2D eigenvalue weighted by atomic mass is 16.5. The molecule has 0 bridgehead atoms. The number of rotatable bonds is 13. The summed E-state index contributed by atoms with van der Waals surface area (Å²) in [4.78, 5) is 0. The Morgan fingerprint density at radius 3 is 2.67 bits per heavy atom. The number of allylic oxidation sites excluding steroid dienone is 8. The second-order valence-electron chi connectivity index (χ2n) is 6.25. The average molecular weight is 369 g/mol. The summed E-state index contributed by atoms with van der Waals surface area (Å²) in [6.07, 6.45) is 19.6. The Hall–Kier alpha value is -2.52. The molecule has 146 valence electrons. The first-order valence-electron chi connectivity index (χ1n) is 9.53. The third-order valence-electron chi connectivity index (χ3n) is 3.69. The fourth-order valence-corrected chi connectivity index (χ4v) is 2.35. The molecule has 3 heteroatoms. The van der Waals surface area contributed by atoms with Crippen LogP contribution in [0.1, 0.15) is 38.2 Å². The molecule has 0 radical (unpaired) electrons. The van der Waals surface area contributed by atoms with Crippen LogP contribution in [0.3, 0.4) is 0 Å². The highest BCUT2D eigenvalue weighted by Crippen LogP contribution is 2.15. The van der Waals surface area contributed by atoms with E-state index in [0.717, 1.165) is 30.6 Å². The zero-order valence-electron chi connectivity index (χ0n) is 16.3. The summed E-state index contributed by atoms with van der Waals surface area (Å²) >= 11 is 0. The second kappa shape index (κ2) is 14.6. The quantitative estimate of drug-likeness (QED) is 0.199. The van der Waals surface area contributed by atoms with E-state index in [1.165, 1.54) is 0 Å². The van der Waals surface area contributed by atoms with Crippen molar-refractivity contribution in [3.63, 3.8) is 0 Å². The molecule has 0 heterocycles. The van der Waals surface area contributed by atoms with Crippen LogP contribution in [0.5, 0.6) is 5.75 Å². The summed E-state index contributed by atoms with van der Waals surface area (Å²) in [5, 5.41) is 19.2. The Bertz CT molecular complexity index is 653. The zero-order valence-corrected chi connectivity index (χ0v) is 16.3. The van der Waals surface area contributed by atoms with Crippen molar-refractivity contribution in [1.29, 1.82) is 0 Å². The van der Waals surface area contributed by atoms with Crippen LogP contribution < -0.4 is 4.74 Å². The van der Waals surface area contributed by atoms with Crippen molar-refractivity contribution in [3.8, 4) is 5.75 Å². The fraction of sp³-hybridized carbons (Fsp3) is 0.333. The van der Waals surface area contributed by atoms with Gasteiger partial charge in [0.2, 0.25) is 0 Å². The van der Waals surface area contributed by atoms with Gasteiger partial charge in [0, 0.05) is 12.8 Å². The normalized spacial score (nSPS) is 13.3. The number of benzene rings is 1. The molecule has 1 atom stereocenters. The van der Waals surface area contributed by atoms with Crippen molar-refractivity contribution in [3.05, 3.63) is 90.8 Å². The van der Waals surface area contributed by atoms with Gasteiger partial charge in [-0.05, 0) is 37.0 Å². The van der Waals surface area contributed by atoms with Gasteiger partial charge in [-0.25, -0.2) is 0 Å². The summed E-state index contributed by atoms with van der Waals surface area (Å²) in [6, 6.07) is 7.52. The molecule has 1 aromatic rings. The molecule has 1 rings (SSSR count). The summed E-state index contributed by atoms with van der Waals surface area (Å²) in [5.41, 5.74) is 0.944. The van der Waals surface area contributed by atoms with Gasteiger partial charge in [0.15, 0.2) is 0 Å². The number of aliphatic hydroxyl groups is 2. The van der Waals surface area contributed by atoms with Crippen LogP contribution in [0, 0.1) is 0 Å². The first-order chi connectivity index (χ1) is 13.1. The standard InChI is InChI=1S/C24H32O3/c1-3-4-5-6-7-8-9-10-11-12-15-23(26)17-18-27-24-16-13-14-22(20-24)19-21(2)25/h4-5,8-16,20,23,25-26H,2-3,6-7,17-19H2,1H3/b5-4-,9-8+,11-10-,15-12+. The molecule has 3 nitrogen and oxygen atoms in total. The highest BCUT2D eigenvalue weighted by Gasteiger charge is 2.01. The molecule has 0 aromatic heterocycles. The van der Waals surface area contributed by atoms with Crippen molar-refractivity contribution in [2.45, 2.75) is 45.1 Å². The molecule has 1 unspecified atom stereocenters. The lowest BCUT2D eigenvalue weighted by Crippen LogP contribution is -2.09. The maximum absolute atomic E-state index is 9.95. The Labute approximate surface area is 163 Å². The van der Waals surface area contributed by atoms with Gasteiger partial charge in [0.25, 0.3) is 0 Å². The van der Waals surface area contributed by atoms with E-state index in [4.69, 9.17) is 4.74 Å². The summed E-state index contributed by atoms with van der Waals surface area (Å²) in [5.74, 6) is 0.854. The average Bonchev–Trinajstić information content (AvgIpc) is 2.63. The number of aliphatic hydroxyl groups excluding tert-OH is 2. The molecule has 0 amide bonds. The van der Waals surface area contributed by atoms with Gasteiger partial charge in [-0.1, -0.05) is 74.2 Å². The Morgan fingerprint density at radius 2 is 1.89 bits per heavy atom. The first-order valence-corrected chi connectivity index (χ1v) is 9.53. The predicted octanol–water partition coefficient (Wildman–Crippen LogP) is 5.85. The van der Waals surface area contributed by atoms with E-state index in [0.29, 0.717) is 19.4 Å². The van der Waals surface area contributed by atoms with Gasteiger partial charge in [0.1, 0.15) is 5.75 Å². The van der Waals surface area contributed by atoms with Gasteiger partial charge < -0.3 is 14.9 Å². The number of ether oxygens (including phenoxy) is 1. The van der Waals surface area contributed by atoms with Gasteiger partial charge in [0.05, 0.1) is 18.5 Å². The Morgan fingerprint density at radius 1 is 1.11 bits per heavy atom. The number of hydrogen-bond acceptors (Lipinski definition) is 3. The van der Waals surface area contributed by atoms with Crippen LogP contribution in [0.2, 0.25) is 0 Å². The van der Waals surface area contributed by atoms with E-state index in [1.807, 2.05) is 48.6 Å². The second-order valence-corrected chi connectivity index (χ2v) is 6.25. The smallest absolute Gasteiger partial charge is 0.119 e. The van der Waals surface area contributed by atoms with Crippen LogP contribution in [0.25, 0.3) is 0 Å². The van der Waals surface area contributed by atoms with Gasteiger partial charge in [-0.2, -0.15) is 0 Å². The molecule has 0 aliphatic heterocycles. The molecular weight excluding hydrogens is 336 g/mol. The van der Waals surface area contributed by atoms with Crippen LogP contribution in [0.4, 0.5) is 0 Å². The van der Waals surface area contributed by atoms with Gasteiger partial charge >= 0.3 is 0 Å². The van der Waals surface area contributed by atoms with Crippen molar-refractivity contribution in [2.24, 2.45) is 0 Å². The third-order valence-corrected chi connectivity index (χ3v) is 3.69. The maximum Gasteiger partial charge on any atom is 0.119 e. The summed E-state index contributed by atoms with van der Waals surface area (Å²) in [7, 11) is 0. The van der Waals surface area contributed by atoms with Crippen molar-refractivity contribution in [1.82, 2.24) is 0 Å². The molecule has 0 fully saturated rings. The molecule has 0 spiro atoms. The third kappa shape index (κ3) is 12.5. The predicted molar refractivity (Wildman–Crippen MR) is 114 cm³/mol. The molecule has 2 N–H and O–H groups in total. The maximum atomic E-state index is 9.95. The minimum absolute atomic E-state index is 0.129. The van der Waals surface area contributed by atoms with Gasteiger partial charge in [-0.3, -0.25) is 0 Å². The zero-order chi connectivity index (χ0) is 19.7. The number of hydrogen-bond donors (Lipinski definition) is 2. The lowest BCUT2D eigenvalue weighted by atomic mass is 10.1. The minimum atomic E-state index is -0.543. The van der Waals surface area contributed by atoms with Gasteiger partial charge in [-0.15, -0.1) is 0 Å². The van der Waals surface area contributed by atoms with Crippen LogP contribution in [-0.2, 0) is 6.42 Å². The van der Waals surface area contributed by atoms with E-state index in [-0.39, 0.29) is 5.76 Å². The molecule has 0 aliphatic carbocycles. The lowest BCUT2D eigenvalue weighted by Gasteiger charge is -2.09. The largest absolute Gasteiger partial charge is 0.513 e. The summed E-state index contributed by atoms with van der Waals surface area (Å²) < 4.78 is 5.66. The highest BCUT2D eigenvalue weighted by molar-refractivity contribution is 5.30. The lowest BCUT2D eigenvalue weighted by molar-refractivity contribution is 0.178. The van der Waals surface area contributed by atoms with E-state index >= 15 is 0 Å². The monoisotopic (exact) mass is 368 g/mol. The van der Waals surface area contributed by atoms with E-state index in [1.54, 1.807) is 6.08 Å². The molecule has 27 heavy (non-hydrogen) atoms. The molecule has 1 aromatic carbocycles. The van der Waals surface area contributed by atoms with Crippen molar-refractivity contribution >= 4 is 0 Å².